The van der Waals surface area contributed by atoms with Gasteiger partial charge in [-0.3, -0.25) is 0 Å². The summed E-state index contributed by atoms with van der Waals surface area (Å²) in [4.78, 5) is 0. The summed E-state index contributed by atoms with van der Waals surface area (Å²) >= 11 is 6.07. The summed E-state index contributed by atoms with van der Waals surface area (Å²) in [5, 5.41) is 0.306. The second-order valence-corrected chi connectivity index (χ2v) is 7.79. The Labute approximate surface area is 119 Å². The molecular formula is C13H19ClN2O2S. The third-order valence-corrected chi connectivity index (χ3v) is 6.30. The number of benzene rings is 1. The Morgan fingerprint density at radius 3 is 2.63 bits per heavy atom. The number of hydrogen-bond donors (Lipinski definition) is 1. The van der Waals surface area contributed by atoms with Crippen LogP contribution in [0.1, 0.15) is 31.2 Å². The molecule has 19 heavy (non-hydrogen) atoms. The molecule has 0 unspecified atom stereocenters. The van der Waals surface area contributed by atoms with Crippen LogP contribution in [0, 0.1) is 0 Å². The summed E-state index contributed by atoms with van der Waals surface area (Å²) in [5.74, 6) is 0. The second kappa shape index (κ2) is 5.69. The van der Waals surface area contributed by atoms with E-state index in [-0.39, 0.29) is 11.8 Å². The van der Waals surface area contributed by atoms with E-state index in [1.54, 1.807) is 25.2 Å². The van der Waals surface area contributed by atoms with E-state index >= 15 is 0 Å². The smallest absolute Gasteiger partial charge is 0.217 e. The zero-order valence-corrected chi connectivity index (χ0v) is 12.5. The predicted molar refractivity (Wildman–Crippen MR) is 78.5 cm³/mol. The van der Waals surface area contributed by atoms with Crippen molar-refractivity contribution in [1.82, 2.24) is 4.31 Å². The molecular weight excluding hydrogens is 284 g/mol. The number of nitrogens with zero attached hydrogens (tertiary/aromatic N) is 1. The summed E-state index contributed by atoms with van der Waals surface area (Å²) in [6, 6.07) is 5.13. The Morgan fingerprint density at radius 2 is 2.00 bits per heavy atom. The van der Waals surface area contributed by atoms with Crippen molar-refractivity contribution in [2.24, 2.45) is 0 Å². The first-order chi connectivity index (χ1) is 8.91. The lowest BCUT2D eigenvalue weighted by molar-refractivity contribution is 0.455. The van der Waals surface area contributed by atoms with E-state index in [9.17, 15) is 8.42 Å². The van der Waals surface area contributed by atoms with Gasteiger partial charge in [0, 0.05) is 24.3 Å². The van der Waals surface area contributed by atoms with Crippen molar-refractivity contribution in [2.75, 3.05) is 12.8 Å². The Morgan fingerprint density at radius 1 is 1.37 bits per heavy atom. The molecule has 4 nitrogen and oxygen atoms in total. The zero-order chi connectivity index (χ0) is 14.0. The van der Waals surface area contributed by atoms with E-state index in [2.05, 4.69) is 0 Å². The normalized spacial score (nSPS) is 17.2. The Kier molecular flexibility index (Phi) is 4.38. The number of halogens is 1. The standard InChI is InChI=1S/C13H19ClN2O2S/c1-16(19(17,18)12-4-2-3-5-12)9-10-8-11(15)6-7-13(10)14/h6-8,12H,2-5,9,15H2,1H3. The highest BCUT2D eigenvalue weighted by atomic mass is 35.5. The first-order valence-electron chi connectivity index (χ1n) is 6.40. The minimum atomic E-state index is -3.23. The van der Waals surface area contributed by atoms with Crippen molar-refractivity contribution in [3.63, 3.8) is 0 Å². The van der Waals surface area contributed by atoms with Crippen LogP contribution in [0.2, 0.25) is 5.02 Å². The highest BCUT2D eigenvalue weighted by molar-refractivity contribution is 7.89. The van der Waals surface area contributed by atoms with Gasteiger partial charge in [-0.1, -0.05) is 24.4 Å². The summed E-state index contributed by atoms with van der Waals surface area (Å²) < 4.78 is 26.2. The third kappa shape index (κ3) is 3.22. The first-order valence-corrected chi connectivity index (χ1v) is 8.28. The van der Waals surface area contributed by atoms with Gasteiger partial charge in [0.1, 0.15) is 0 Å². The fourth-order valence-electron chi connectivity index (χ4n) is 2.49. The fraction of sp³-hybridized carbons (Fsp3) is 0.538. The van der Waals surface area contributed by atoms with Crippen LogP contribution < -0.4 is 5.73 Å². The molecule has 0 saturated heterocycles. The summed E-state index contributed by atoms with van der Waals surface area (Å²) in [5.41, 5.74) is 7.04. The molecule has 2 N–H and O–H groups in total. The van der Waals surface area contributed by atoms with Gasteiger partial charge < -0.3 is 5.73 Å². The van der Waals surface area contributed by atoms with Crippen LogP contribution in [-0.2, 0) is 16.6 Å². The van der Waals surface area contributed by atoms with Gasteiger partial charge in [-0.15, -0.1) is 0 Å². The van der Waals surface area contributed by atoms with E-state index in [1.165, 1.54) is 4.31 Å². The molecule has 1 saturated carbocycles. The predicted octanol–water partition coefficient (Wildman–Crippen LogP) is 2.63. The monoisotopic (exact) mass is 302 g/mol. The molecule has 106 valence electrons. The largest absolute Gasteiger partial charge is 0.399 e. The highest BCUT2D eigenvalue weighted by Gasteiger charge is 2.32. The summed E-state index contributed by atoms with van der Waals surface area (Å²) in [6.45, 7) is 0.267. The van der Waals surface area contributed by atoms with Crippen molar-refractivity contribution < 1.29 is 8.42 Å². The molecule has 0 aromatic heterocycles. The fourth-order valence-corrected chi connectivity index (χ4v) is 4.42. The Hall–Kier alpha value is -0.780. The molecule has 0 heterocycles. The molecule has 1 aromatic carbocycles. The maximum atomic E-state index is 12.4. The van der Waals surface area contributed by atoms with E-state index in [4.69, 9.17) is 17.3 Å². The van der Waals surface area contributed by atoms with E-state index in [0.29, 0.717) is 10.7 Å². The van der Waals surface area contributed by atoms with Crippen LogP contribution in [0.25, 0.3) is 0 Å². The Bertz CT molecular complexity index is 554. The maximum absolute atomic E-state index is 12.4. The lowest BCUT2D eigenvalue weighted by Gasteiger charge is -2.22. The molecule has 6 heteroatoms. The van der Waals surface area contributed by atoms with Gasteiger partial charge in [0.2, 0.25) is 10.0 Å². The first kappa shape index (κ1) is 14.6. The molecule has 0 spiro atoms. The van der Waals surface area contributed by atoms with Gasteiger partial charge in [0.15, 0.2) is 0 Å². The van der Waals surface area contributed by atoms with Gasteiger partial charge in [-0.25, -0.2) is 12.7 Å². The van der Waals surface area contributed by atoms with Gasteiger partial charge in [0.25, 0.3) is 0 Å². The van der Waals surface area contributed by atoms with E-state index < -0.39 is 10.0 Å². The molecule has 1 aliphatic rings. The minimum Gasteiger partial charge on any atom is -0.399 e. The quantitative estimate of drug-likeness (QED) is 0.870. The number of rotatable bonds is 4. The van der Waals surface area contributed by atoms with E-state index in [1.807, 2.05) is 0 Å². The molecule has 1 aromatic rings. The van der Waals surface area contributed by atoms with Gasteiger partial charge in [-0.05, 0) is 36.6 Å². The molecule has 0 radical (unpaired) electrons. The number of sulfonamides is 1. The molecule has 0 aliphatic heterocycles. The molecule has 1 fully saturated rings. The average molecular weight is 303 g/mol. The van der Waals surface area contributed by atoms with Gasteiger partial charge in [-0.2, -0.15) is 0 Å². The van der Waals surface area contributed by atoms with Crippen molar-refractivity contribution in [1.29, 1.82) is 0 Å². The molecule has 2 rings (SSSR count). The van der Waals surface area contributed by atoms with Gasteiger partial charge in [0.05, 0.1) is 5.25 Å². The zero-order valence-electron chi connectivity index (χ0n) is 11.0. The molecule has 0 atom stereocenters. The molecule has 0 bridgehead atoms. The van der Waals surface area contributed by atoms with Crippen molar-refractivity contribution >= 4 is 27.3 Å². The lowest BCUT2D eigenvalue weighted by atomic mass is 10.2. The SMILES string of the molecule is CN(Cc1cc(N)ccc1Cl)S(=O)(=O)C1CCCC1. The summed E-state index contributed by atoms with van der Waals surface area (Å²) in [7, 11) is -1.63. The third-order valence-electron chi connectivity index (χ3n) is 3.62. The maximum Gasteiger partial charge on any atom is 0.217 e. The minimum absolute atomic E-state index is 0.239. The molecule has 0 amide bonds. The van der Waals surface area contributed by atoms with Crippen LogP contribution >= 0.6 is 11.6 Å². The van der Waals surface area contributed by atoms with Crippen molar-refractivity contribution in [3.8, 4) is 0 Å². The van der Waals surface area contributed by atoms with Crippen molar-refractivity contribution in [3.05, 3.63) is 28.8 Å². The lowest BCUT2D eigenvalue weighted by Crippen LogP contribution is -2.34. The van der Waals surface area contributed by atoms with Crippen LogP contribution in [-0.4, -0.2) is 25.0 Å². The summed E-state index contributed by atoms with van der Waals surface area (Å²) in [6.07, 6.45) is 3.52. The highest BCUT2D eigenvalue weighted by Crippen LogP contribution is 2.28. The van der Waals surface area contributed by atoms with Crippen molar-refractivity contribution in [2.45, 2.75) is 37.5 Å². The average Bonchev–Trinajstić information content (AvgIpc) is 2.88. The Balaban J connectivity index is 2.16. The van der Waals surface area contributed by atoms with Crippen LogP contribution in [0.15, 0.2) is 18.2 Å². The van der Waals surface area contributed by atoms with E-state index in [0.717, 1.165) is 31.2 Å². The molecule has 1 aliphatic carbocycles. The van der Waals surface area contributed by atoms with Crippen LogP contribution in [0.4, 0.5) is 5.69 Å². The number of hydrogen-bond acceptors (Lipinski definition) is 3. The van der Waals surface area contributed by atoms with Crippen LogP contribution in [0.3, 0.4) is 0 Å². The van der Waals surface area contributed by atoms with Crippen LogP contribution in [0.5, 0.6) is 0 Å². The van der Waals surface area contributed by atoms with Gasteiger partial charge >= 0.3 is 0 Å². The second-order valence-electron chi connectivity index (χ2n) is 5.06. The number of anilines is 1. The number of nitrogens with two attached hydrogens (primary N) is 1. The topological polar surface area (TPSA) is 63.4 Å². The number of nitrogen functional groups attached to an aromatic ring is 1.